The number of hydrogen-bond donors (Lipinski definition) is 1. The first-order chi connectivity index (χ1) is 4.52. The molecule has 2 nitrogen and oxygen atoms in total. The zero-order valence-electron chi connectivity index (χ0n) is 6.02. The maximum atomic E-state index is 5.76. The van der Waals surface area contributed by atoms with Crippen LogP contribution in [0.15, 0.2) is 16.7 Å². The van der Waals surface area contributed by atoms with Crippen molar-refractivity contribution in [3.05, 3.63) is 23.1 Å². The van der Waals surface area contributed by atoms with Crippen LogP contribution in [0.5, 0.6) is 0 Å². The van der Waals surface area contributed by atoms with E-state index in [-0.39, 0.29) is 0 Å². The number of rotatable bonds is 1. The molecule has 3 heteroatoms. The molecule has 0 fully saturated rings. The summed E-state index contributed by atoms with van der Waals surface area (Å²) in [7, 11) is 0. The van der Waals surface area contributed by atoms with E-state index in [1.165, 1.54) is 6.26 Å². The highest BCUT2D eigenvalue weighted by Gasteiger charge is 2.19. The van der Waals surface area contributed by atoms with E-state index in [0.717, 1.165) is 5.56 Å². The summed E-state index contributed by atoms with van der Waals surface area (Å²) >= 11 is 5.68. The van der Waals surface area contributed by atoms with Gasteiger partial charge in [0.05, 0.1) is 6.26 Å². The highest BCUT2D eigenvalue weighted by Crippen LogP contribution is 2.25. The normalized spacial score (nSPS) is 12.0. The summed E-state index contributed by atoms with van der Waals surface area (Å²) in [6, 6.07) is 1.78. The maximum Gasteiger partial charge on any atom is 0.198 e. The zero-order valence-corrected chi connectivity index (χ0v) is 6.77. The van der Waals surface area contributed by atoms with Gasteiger partial charge in [-0.05, 0) is 31.5 Å². The van der Waals surface area contributed by atoms with E-state index in [1.807, 2.05) is 13.8 Å². The van der Waals surface area contributed by atoms with Gasteiger partial charge in [-0.15, -0.1) is 0 Å². The molecule has 1 rings (SSSR count). The lowest BCUT2D eigenvalue weighted by atomic mass is 9.99. The third-order valence-electron chi connectivity index (χ3n) is 1.31. The fourth-order valence-corrected chi connectivity index (χ4v) is 1.12. The number of hydrogen-bond acceptors (Lipinski definition) is 2. The summed E-state index contributed by atoms with van der Waals surface area (Å²) in [6.45, 7) is 3.76. The van der Waals surface area contributed by atoms with Gasteiger partial charge in [-0.3, -0.25) is 0 Å². The van der Waals surface area contributed by atoms with E-state index in [2.05, 4.69) is 0 Å². The largest absolute Gasteiger partial charge is 0.453 e. The van der Waals surface area contributed by atoms with Gasteiger partial charge in [0.2, 0.25) is 0 Å². The molecule has 2 N–H and O–H groups in total. The van der Waals surface area contributed by atoms with Gasteiger partial charge in [-0.25, -0.2) is 0 Å². The zero-order chi connectivity index (χ0) is 7.78. The van der Waals surface area contributed by atoms with Crippen molar-refractivity contribution in [2.45, 2.75) is 19.4 Å². The third kappa shape index (κ3) is 1.33. The lowest BCUT2D eigenvalue weighted by Gasteiger charge is -2.15. The number of halogens is 1. The Balaban J connectivity index is 3.05. The van der Waals surface area contributed by atoms with Crippen LogP contribution in [0.3, 0.4) is 0 Å². The molecule has 56 valence electrons. The molecule has 0 saturated carbocycles. The van der Waals surface area contributed by atoms with Gasteiger partial charge in [-0.2, -0.15) is 0 Å². The topological polar surface area (TPSA) is 39.2 Å². The number of furan rings is 1. The van der Waals surface area contributed by atoms with Crippen molar-refractivity contribution in [1.29, 1.82) is 0 Å². The Labute approximate surface area is 65.0 Å². The quantitative estimate of drug-likeness (QED) is 0.682. The highest BCUT2D eigenvalue weighted by molar-refractivity contribution is 6.29. The fraction of sp³-hybridized carbons (Fsp3) is 0.429. The molecule has 10 heavy (non-hydrogen) atoms. The van der Waals surface area contributed by atoms with E-state index in [4.69, 9.17) is 21.8 Å². The van der Waals surface area contributed by atoms with Crippen LogP contribution in [-0.2, 0) is 5.54 Å². The molecule has 0 atom stereocenters. The van der Waals surface area contributed by atoms with Crippen LogP contribution in [0.2, 0.25) is 5.22 Å². The maximum absolute atomic E-state index is 5.76. The Kier molecular flexibility index (Phi) is 1.75. The molecule has 1 aromatic heterocycles. The van der Waals surface area contributed by atoms with E-state index >= 15 is 0 Å². The molecule has 0 saturated heterocycles. The molecule has 0 aliphatic carbocycles. The van der Waals surface area contributed by atoms with Crippen molar-refractivity contribution in [1.82, 2.24) is 0 Å². The molecule has 0 spiro atoms. The van der Waals surface area contributed by atoms with Crippen molar-refractivity contribution in [2.24, 2.45) is 5.73 Å². The Morgan fingerprint density at radius 2 is 2.20 bits per heavy atom. The van der Waals surface area contributed by atoms with Gasteiger partial charge in [0.15, 0.2) is 5.22 Å². The molecular formula is C7H10ClNO. The average Bonchev–Trinajstić information content (AvgIpc) is 2.11. The van der Waals surface area contributed by atoms with Crippen LogP contribution in [-0.4, -0.2) is 0 Å². The lowest BCUT2D eigenvalue weighted by Crippen LogP contribution is -2.28. The van der Waals surface area contributed by atoms with E-state index in [9.17, 15) is 0 Å². The Hall–Kier alpha value is -0.470. The minimum atomic E-state index is -0.413. The van der Waals surface area contributed by atoms with Gasteiger partial charge in [-0.1, -0.05) is 0 Å². The van der Waals surface area contributed by atoms with Gasteiger partial charge < -0.3 is 10.2 Å². The SMILES string of the molecule is CC(C)(N)c1ccoc1Cl. The predicted octanol–water partition coefficient (Wildman–Crippen LogP) is 2.13. The first-order valence-corrected chi connectivity index (χ1v) is 3.42. The molecule has 1 aromatic rings. The minimum Gasteiger partial charge on any atom is -0.453 e. The standard InChI is InChI=1S/C7H10ClNO/c1-7(2,9)5-3-4-10-6(5)8/h3-4H,9H2,1-2H3. The van der Waals surface area contributed by atoms with Crippen LogP contribution in [0.25, 0.3) is 0 Å². The Bertz CT molecular complexity index is 224. The summed E-state index contributed by atoms with van der Waals surface area (Å²) in [6.07, 6.45) is 1.53. The van der Waals surface area contributed by atoms with Crippen LogP contribution in [0.1, 0.15) is 19.4 Å². The third-order valence-corrected chi connectivity index (χ3v) is 1.60. The van der Waals surface area contributed by atoms with Crippen molar-refractivity contribution in [2.75, 3.05) is 0 Å². The monoisotopic (exact) mass is 159 g/mol. The molecule has 0 unspecified atom stereocenters. The summed E-state index contributed by atoms with van der Waals surface area (Å²) in [5.74, 6) is 0. The predicted molar refractivity (Wildman–Crippen MR) is 40.9 cm³/mol. The van der Waals surface area contributed by atoms with Gasteiger partial charge in [0.1, 0.15) is 0 Å². The van der Waals surface area contributed by atoms with E-state index in [0.29, 0.717) is 5.22 Å². The first-order valence-electron chi connectivity index (χ1n) is 3.04. The average molecular weight is 160 g/mol. The van der Waals surface area contributed by atoms with Gasteiger partial charge in [0, 0.05) is 11.1 Å². The molecule has 0 radical (unpaired) electrons. The highest BCUT2D eigenvalue weighted by atomic mass is 35.5. The first kappa shape index (κ1) is 7.63. The van der Waals surface area contributed by atoms with E-state index in [1.54, 1.807) is 6.07 Å². The van der Waals surface area contributed by atoms with Crippen molar-refractivity contribution < 1.29 is 4.42 Å². The van der Waals surface area contributed by atoms with Gasteiger partial charge in [0.25, 0.3) is 0 Å². The Morgan fingerprint density at radius 3 is 2.40 bits per heavy atom. The number of nitrogens with two attached hydrogens (primary N) is 1. The smallest absolute Gasteiger partial charge is 0.198 e. The lowest BCUT2D eigenvalue weighted by molar-refractivity contribution is 0.523. The molecule has 0 amide bonds. The van der Waals surface area contributed by atoms with Crippen molar-refractivity contribution in [3.63, 3.8) is 0 Å². The molecule has 0 aliphatic heterocycles. The summed E-state index contributed by atoms with van der Waals surface area (Å²) in [4.78, 5) is 0. The van der Waals surface area contributed by atoms with Crippen LogP contribution in [0, 0.1) is 0 Å². The minimum absolute atomic E-state index is 0.382. The molecule has 0 bridgehead atoms. The second-order valence-electron chi connectivity index (χ2n) is 2.83. The van der Waals surface area contributed by atoms with Crippen LogP contribution >= 0.6 is 11.6 Å². The second kappa shape index (κ2) is 2.29. The Morgan fingerprint density at radius 1 is 1.60 bits per heavy atom. The fourth-order valence-electron chi connectivity index (χ4n) is 0.759. The van der Waals surface area contributed by atoms with Crippen LogP contribution < -0.4 is 5.73 Å². The molecule has 0 aromatic carbocycles. The molecule has 1 heterocycles. The van der Waals surface area contributed by atoms with Gasteiger partial charge >= 0.3 is 0 Å². The molecule has 0 aliphatic rings. The van der Waals surface area contributed by atoms with Crippen molar-refractivity contribution in [3.8, 4) is 0 Å². The van der Waals surface area contributed by atoms with Crippen molar-refractivity contribution >= 4 is 11.6 Å². The van der Waals surface area contributed by atoms with Crippen LogP contribution in [0.4, 0.5) is 0 Å². The molecular weight excluding hydrogens is 150 g/mol. The summed E-state index contributed by atoms with van der Waals surface area (Å²) in [5, 5.41) is 0.382. The second-order valence-corrected chi connectivity index (χ2v) is 3.17. The summed E-state index contributed by atoms with van der Waals surface area (Å²) in [5.41, 5.74) is 6.19. The summed E-state index contributed by atoms with van der Waals surface area (Å²) < 4.78 is 4.88. The van der Waals surface area contributed by atoms with E-state index < -0.39 is 5.54 Å².